The van der Waals surface area contributed by atoms with Crippen molar-refractivity contribution in [2.45, 2.75) is 19.0 Å². The van der Waals surface area contributed by atoms with Gasteiger partial charge in [-0.1, -0.05) is 17.9 Å². The Morgan fingerprint density at radius 3 is 2.91 bits per heavy atom. The maximum absolute atomic E-state index is 14.0. The second-order valence-corrected chi connectivity index (χ2v) is 8.85. The average molecular weight is 493 g/mol. The summed E-state index contributed by atoms with van der Waals surface area (Å²) in [5.41, 5.74) is 1.79. The lowest BCUT2D eigenvalue weighted by Gasteiger charge is -2.39. The molecular formula is C23H21FN8O2S. The van der Waals surface area contributed by atoms with E-state index >= 15 is 0 Å². The molecule has 4 aromatic rings. The van der Waals surface area contributed by atoms with Crippen molar-refractivity contribution in [3.05, 3.63) is 61.6 Å². The summed E-state index contributed by atoms with van der Waals surface area (Å²) < 4.78 is 15.9. The molecule has 0 aromatic carbocycles. The topological polar surface area (TPSA) is 118 Å². The number of pyridine rings is 2. The number of fused-ring (bicyclic) bond motifs is 1. The zero-order valence-corrected chi connectivity index (χ0v) is 19.3. The lowest BCUT2D eigenvalue weighted by atomic mass is 10.0. The Balaban J connectivity index is 1.23. The molecule has 0 spiro atoms. The van der Waals surface area contributed by atoms with Crippen LogP contribution >= 0.6 is 11.3 Å². The summed E-state index contributed by atoms with van der Waals surface area (Å²) in [5, 5.41) is 6.57. The van der Waals surface area contributed by atoms with Crippen molar-refractivity contribution in [2.75, 3.05) is 18.4 Å². The van der Waals surface area contributed by atoms with Gasteiger partial charge in [0.05, 0.1) is 22.9 Å². The minimum Gasteiger partial charge on any atom is -0.353 e. The second-order valence-electron chi connectivity index (χ2n) is 7.82. The molecule has 1 aliphatic heterocycles. The average Bonchev–Trinajstić information content (AvgIpc) is 3.45. The van der Waals surface area contributed by atoms with Crippen LogP contribution in [0.5, 0.6) is 0 Å². The Labute approximate surface area is 203 Å². The Hall–Kier alpha value is -4.19. The van der Waals surface area contributed by atoms with E-state index in [-0.39, 0.29) is 17.5 Å². The fourth-order valence-corrected chi connectivity index (χ4v) is 4.61. The van der Waals surface area contributed by atoms with Gasteiger partial charge in [0.25, 0.3) is 0 Å². The first-order valence-electron chi connectivity index (χ1n) is 10.9. The highest BCUT2D eigenvalue weighted by molar-refractivity contribution is 7.18. The summed E-state index contributed by atoms with van der Waals surface area (Å²) >= 11 is 1.27. The molecule has 0 aliphatic carbocycles. The van der Waals surface area contributed by atoms with E-state index in [0.717, 1.165) is 5.52 Å². The van der Waals surface area contributed by atoms with Gasteiger partial charge in [-0.15, -0.1) is 0 Å². The van der Waals surface area contributed by atoms with Crippen LogP contribution in [-0.2, 0) is 16.1 Å². The number of thiazole rings is 1. The summed E-state index contributed by atoms with van der Waals surface area (Å²) in [5.74, 6) is -0.264. The first-order valence-corrected chi connectivity index (χ1v) is 11.7. The molecule has 1 saturated heterocycles. The number of imidazole rings is 1. The number of aromatic nitrogens is 5. The van der Waals surface area contributed by atoms with Crippen molar-refractivity contribution in [2.24, 2.45) is 0 Å². The molecule has 0 saturated carbocycles. The van der Waals surface area contributed by atoms with Crippen LogP contribution in [-0.4, -0.2) is 60.3 Å². The SMILES string of the molecule is C=CC(=O)N1CC[C@H]1C(=O)NCCn1cnc2cnc(Nc3ncc(-c4ncccc4F)s3)cc21. The predicted molar refractivity (Wildman–Crippen MR) is 129 cm³/mol. The van der Waals surface area contributed by atoms with Crippen molar-refractivity contribution in [1.82, 2.24) is 34.7 Å². The van der Waals surface area contributed by atoms with Crippen molar-refractivity contribution in [1.29, 1.82) is 0 Å². The van der Waals surface area contributed by atoms with E-state index in [1.165, 1.54) is 34.6 Å². The number of likely N-dealkylation sites (tertiary alicyclic amines) is 1. The molecule has 1 fully saturated rings. The Kier molecular flexibility index (Phi) is 6.19. The molecule has 5 rings (SSSR count). The van der Waals surface area contributed by atoms with Crippen LogP contribution in [0.4, 0.5) is 15.3 Å². The highest BCUT2D eigenvalue weighted by Crippen LogP contribution is 2.30. The van der Waals surface area contributed by atoms with E-state index in [0.29, 0.717) is 47.4 Å². The van der Waals surface area contributed by atoms with Crippen LogP contribution in [0.25, 0.3) is 21.6 Å². The number of amides is 2. The third-order valence-corrected chi connectivity index (χ3v) is 6.59. The molecule has 5 heterocycles. The molecule has 1 atom stereocenters. The second kappa shape index (κ2) is 9.58. The van der Waals surface area contributed by atoms with E-state index in [2.05, 4.69) is 37.1 Å². The van der Waals surface area contributed by atoms with Crippen LogP contribution in [0, 0.1) is 5.82 Å². The van der Waals surface area contributed by atoms with Gasteiger partial charge in [0, 0.05) is 38.1 Å². The highest BCUT2D eigenvalue weighted by atomic mass is 32.1. The van der Waals surface area contributed by atoms with Crippen LogP contribution in [0.3, 0.4) is 0 Å². The number of carbonyl (C=O) groups is 2. The molecule has 4 aromatic heterocycles. The largest absolute Gasteiger partial charge is 0.353 e. The Bertz CT molecular complexity index is 1420. The van der Waals surface area contributed by atoms with Gasteiger partial charge < -0.3 is 20.1 Å². The maximum atomic E-state index is 14.0. The standard InChI is InChI=1S/C23H21FN8O2S/c1-2-20(33)32-8-5-16(32)22(34)26-7-9-31-13-29-15-11-27-19(10-17(15)31)30-23-28-12-18(35-23)21-14(24)4-3-6-25-21/h2-4,6,10-13,16H,1,5,7-9H2,(H,26,34)(H,27,28,30)/t16-/m0/s1. The molecule has 10 nitrogen and oxygen atoms in total. The van der Waals surface area contributed by atoms with Crippen LogP contribution < -0.4 is 10.6 Å². The lowest BCUT2D eigenvalue weighted by Crippen LogP contribution is -2.58. The third kappa shape index (κ3) is 4.60. The highest BCUT2D eigenvalue weighted by Gasteiger charge is 2.36. The number of carbonyl (C=O) groups excluding carboxylic acids is 2. The van der Waals surface area contributed by atoms with Crippen LogP contribution in [0.15, 0.2) is 55.8 Å². The molecule has 2 N–H and O–H groups in total. The van der Waals surface area contributed by atoms with E-state index in [4.69, 9.17) is 0 Å². The van der Waals surface area contributed by atoms with Crippen molar-refractivity contribution >= 4 is 45.1 Å². The van der Waals surface area contributed by atoms with Crippen LogP contribution in [0.1, 0.15) is 6.42 Å². The van der Waals surface area contributed by atoms with E-state index < -0.39 is 11.9 Å². The molecule has 0 radical (unpaired) electrons. The zero-order chi connectivity index (χ0) is 24.4. The van der Waals surface area contributed by atoms with Crippen molar-refractivity contribution in [3.8, 4) is 10.6 Å². The summed E-state index contributed by atoms with van der Waals surface area (Å²) in [6.07, 6.45) is 8.30. The van der Waals surface area contributed by atoms with Gasteiger partial charge in [-0.05, 0) is 24.6 Å². The molecule has 178 valence electrons. The first kappa shape index (κ1) is 22.6. The van der Waals surface area contributed by atoms with Gasteiger partial charge >= 0.3 is 0 Å². The van der Waals surface area contributed by atoms with Gasteiger partial charge in [-0.3, -0.25) is 14.6 Å². The predicted octanol–water partition coefficient (Wildman–Crippen LogP) is 2.74. The number of anilines is 2. The van der Waals surface area contributed by atoms with Crippen molar-refractivity contribution < 1.29 is 14.0 Å². The number of nitrogens with zero attached hydrogens (tertiary/aromatic N) is 6. The fraction of sp³-hybridized carbons (Fsp3) is 0.217. The molecule has 2 amide bonds. The van der Waals surface area contributed by atoms with Gasteiger partial charge in [-0.2, -0.15) is 0 Å². The summed E-state index contributed by atoms with van der Waals surface area (Å²) in [7, 11) is 0. The Morgan fingerprint density at radius 2 is 2.14 bits per heavy atom. The monoisotopic (exact) mass is 492 g/mol. The molecule has 12 heteroatoms. The number of rotatable bonds is 8. The lowest BCUT2D eigenvalue weighted by molar-refractivity contribution is -0.143. The molecule has 0 unspecified atom stereocenters. The van der Waals surface area contributed by atoms with Gasteiger partial charge in [0.1, 0.15) is 28.9 Å². The third-order valence-electron chi connectivity index (χ3n) is 5.67. The first-order chi connectivity index (χ1) is 17.0. The zero-order valence-electron chi connectivity index (χ0n) is 18.5. The minimum atomic E-state index is -0.442. The molecular weight excluding hydrogens is 471 g/mol. The van der Waals surface area contributed by atoms with Gasteiger partial charge in [0.15, 0.2) is 5.13 Å². The molecule has 1 aliphatic rings. The quantitative estimate of drug-likeness (QED) is 0.363. The van der Waals surface area contributed by atoms with Gasteiger partial charge in [-0.25, -0.2) is 19.3 Å². The maximum Gasteiger partial charge on any atom is 0.246 e. The normalized spacial score (nSPS) is 15.0. The molecule has 35 heavy (non-hydrogen) atoms. The number of hydrogen-bond donors (Lipinski definition) is 2. The van der Waals surface area contributed by atoms with E-state index in [9.17, 15) is 14.0 Å². The summed E-state index contributed by atoms with van der Waals surface area (Å²) in [4.78, 5) is 43.4. The molecule has 0 bridgehead atoms. The summed E-state index contributed by atoms with van der Waals surface area (Å²) in [6, 6.07) is 4.29. The Morgan fingerprint density at radius 1 is 1.26 bits per heavy atom. The van der Waals surface area contributed by atoms with E-state index in [1.54, 1.807) is 24.8 Å². The summed E-state index contributed by atoms with van der Waals surface area (Å²) in [6.45, 7) is 4.91. The van der Waals surface area contributed by atoms with Crippen LogP contribution in [0.2, 0.25) is 0 Å². The fourth-order valence-electron chi connectivity index (χ4n) is 3.78. The van der Waals surface area contributed by atoms with E-state index in [1.807, 2.05) is 10.6 Å². The number of nitrogens with one attached hydrogen (secondary N) is 2. The van der Waals surface area contributed by atoms with Gasteiger partial charge in [0.2, 0.25) is 11.8 Å². The van der Waals surface area contributed by atoms with Crippen molar-refractivity contribution in [3.63, 3.8) is 0 Å². The smallest absolute Gasteiger partial charge is 0.246 e. The number of halogens is 1. The number of hydrogen-bond acceptors (Lipinski definition) is 8. The minimum absolute atomic E-state index is 0.177.